The van der Waals surface area contributed by atoms with Gasteiger partial charge in [-0.25, -0.2) is 4.98 Å². The molecule has 1 saturated heterocycles. The summed E-state index contributed by atoms with van der Waals surface area (Å²) < 4.78 is 5.43. The molecular formula is C25H28N6O. The molecule has 0 unspecified atom stereocenters. The number of hydrogen-bond acceptors (Lipinski definition) is 7. The van der Waals surface area contributed by atoms with E-state index in [0.29, 0.717) is 5.95 Å². The van der Waals surface area contributed by atoms with Gasteiger partial charge in [0.15, 0.2) is 0 Å². The summed E-state index contributed by atoms with van der Waals surface area (Å²) in [7, 11) is 0. The Kier molecular flexibility index (Phi) is 6.00. The zero-order valence-corrected chi connectivity index (χ0v) is 18.3. The maximum atomic E-state index is 5.43. The van der Waals surface area contributed by atoms with Crippen LogP contribution in [0.3, 0.4) is 0 Å². The largest absolute Gasteiger partial charge is 0.379 e. The predicted molar refractivity (Wildman–Crippen MR) is 129 cm³/mol. The van der Waals surface area contributed by atoms with Gasteiger partial charge in [0.25, 0.3) is 0 Å². The number of morpholine rings is 1. The molecule has 0 amide bonds. The van der Waals surface area contributed by atoms with Gasteiger partial charge in [-0.15, -0.1) is 0 Å². The summed E-state index contributed by atoms with van der Waals surface area (Å²) in [6.07, 6.45) is 6.84. The third kappa shape index (κ3) is 4.74. The number of benzene rings is 2. The van der Waals surface area contributed by atoms with Gasteiger partial charge in [0, 0.05) is 54.0 Å². The monoisotopic (exact) mass is 428 g/mol. The molecule has 2 aliphatic heterocycles. The van der Waals surface area contributed by atoms with Gasteiger partial charge in [-0.05, 0) is 49.4 Å². The van der Waals surface area contributed by atoms with Crippen molar-refractivity contribution in [1.82, 2.24) is 14.9 Å². The number of nitrogens with zero attached hydrogens (tertiary/aromatic N) is 3. The van der Waals surface area contributed by atoms with E-state index in [0.717, 1.165) is 67.7 Å². The van der Waals surface area contributed by atoms with Crippen LogP contribution >= 0.6 is 0 Å². The molecule has 0 atom stereocenters. The summed E-state index contributed by atoms with van der Waals surface area (Å²) in [6.45, 7) is 6.58. The minimum Gasteiger partial charge on any atom is -0.379 e. The lowest BCUT2D eigenvalue weighted by Crippen LogP contribution is -2.35. The lowest BCUT2D eigenvalue weighted by molar-refractivity contribution is 0.0342. The molecule has 3 N–H and O–H groups in total. The number of anilines is 5. The Balaban J connectivity index is 1.28. The number of hydrogen-bond donors (Lipinski definition) is 3. The summed E-state index contributed by atoms with van der Waals surface area (Å²) in [6, 6.07) is 14.7. The second kappa shape index (κ2) is 9.38. The zero-order chi connectivity index (χ0) is 21.8. The van der Waals surface area contributed by atoms with E-state index in [9.17, 15) is 0 Å². The van der Waals surface area contributed by atoms with Crippen LogP contribution in [0.5, 0.6) is 0 Å². The van der Waals surface area contributed by atoms with Crippen LogP contribution in [-0.2, 0) is 17.7 Å². The molecule has 1 aromatic heterocycles. The lowest BCUT2D eigenvalue weighted by atomic mass is 10.0. The molecule has 0 spiro atoms. The summed E-state index contributed by atoms with van der Waals surface area (Å²) in [5, 5.41) is 10.1. The first-order chi connectivity index (χ1) is 15.7. The Labute approximate surface area is 188 Å². The topological polar surface area (TPSA) is 74.3 Å². The van der Waals surface area contributed by atoms with Gasteiger partial charge in [0.2, 0.25) is 5.95 Å². The van der Waals surface area contributed by atoms with Gasteiger partial charge in [0.05, 0.1) is 13.2 Å². The molecule has 1 fully saturated rings. The molecule has 32 heavy (non-hydrogen) atoms. The van der Waals surface area contributed by atoms with E-state index in [1.165, 1.54) is 11.1 Å². The molecule has 5 rings (SSSR count). The minimum atomic E-state index is 0.571. The van der Waals surface area contributed by atoms with Crippen LogP contribution in [0.2, 0.25) is 0 Å². The van der Waals surface area contributed by atoms with Crippen LogP contribution in [-0.4, -0.2) is 41.2 Å². The molecule has 3 heterocycles. The Bertz CT molecular complexity index is 1110. The van der Waals surface area contributed by atoms with Gasteiger partial charge < -0.3 is 20.7 Å². The molecule has 2 aromatic carbocycles. The van der Waals surface area contributed by atoms with E-state index >= 15 is 0 Å². The molecule has 0 bridgehead atoms. The van der Waals surface area contributed by atoms with Crippen molar-refractivity contribution in [3.63, 3.8) is 0 Å². The first-order valence-electron chi connectivity index (χ1n) is 11.0. The second-order valence-corrected chi connectivity index (χ2v) is 8.14. The van der Waals surface area contributed by atoms with Crippen molar-refractivity contribution in [2.24, 2.45) is 0 Å². The third-order valence-electron chi connectivity index (χ3n) is 5.80. The minimum absolute atomic E-state index is 0.571. The van der Waals surface area contributed by atoms with Crippen molar-refractivity contribution >= 4 is 28.8 Å². The first kappa shape index (κ1) is 20.5. The van der Waals surface area contributed by atoms with Crippen LogP contribution in [0.1, 0.15) is 16.7 Å². The van der Waals surface area contributed by atoms with E-state index < -0.39 is 0 Å². The molecule has 164 valence electrons. The van der Waals surface area contributed by atoms with Crippen molar-refractivity contribution in [2.75, 3.05) is 42.3 Å². The van der Waals surface area contributed by atoms with Crippen LogP contribution in [0.4, 0.5) is 28.8 Å². The summed E-state index contributed by atoms with van der Waals surface area (Å²) in [5.74, 6) is 1.37. The Hall–Kier alpha value is -3.42. The van der Waals surface area contributed by atoms with E-state index in [-0.39, 0.29) is 0 Å². The highest BCUT2D eigenvalue weighted by molar-refractivity contribution is 5.73. The third-order valence-corrected chi connectivity index (χ3v) is 5.80. The number of ether oxygens (including phenoxy) is 1. The highest BCUT2D eigenvalue weighted by Crippen LogP contribution is 2.30. The van der Waals surface area contributed by atoms with Crippen LogP contribution in [0.15, 0.2) is 60.9 Å². The predicted octanol–water partition coefficient (Wildman–Crippen LogP) is 4.59. The summed E-state index contributed by atoms with van der Waals surface area (Å²) in [4.78, 5) is 11.6. The standard InChI is InChI=1S/C25H28N6O/c1-18-16-27-25(28-20-9-7-19(8-10-20)17-31-12-14-32-15-13-31)30-24(18)29-23-6-2-5-22-21(23)4-3-11-26-22/h2-3,5-11,16,26H,4,12-15,17H2,1H3,(H2,27,28,29,30). The average Bonchev–Trinajstić information content (AvgIpc) is 2.83. The van der Waals surface area contributed by atoms with Crippen molar-refractivity contribution in [1.29, 1.82) is 0 Å². The van der Waals surface area contributed by atoms with Gasteiger partial charge in [-0.1, -0.05) is 24.3 Å². The number of aryl methyl sites for hydroxylation is 1. The summed E-state index contributed by atoms with van der Waals surface area (Å²) in [5.41, 5.74) is 6.67. The number of rotatable bonds is 6. The number of aromatic nitrogens is 2. The van der Waals surface area contributed by atoms with Crippen LogP contribution < -0.4 is 16.0 Å². The van der Waals surface area contributed by atoms with Crippen molar-refractivity contribution in [2.45, 2.75) is 19.9 Å². The molecular weight excluding hydrogens is 400 g/mol. The van der Waals surface area contributed by atoms with E-state index in [2.05, 4.69) is 68.3 Å². The zero-order valence-electron chi connectivity index (χ0n) is 18.3. The molecule has 3 aromatic rings. The quantitative estimate of drug-likeness (QED) is 0.530. The Morgan fingerprint density at radius 3 is 2.75 bits per heavy atom. The molecule has 7 heteroatoms. The maximum Gasteiger partial charge on any atom is 0.229 e. The van der Waals surface area contributed by atoms with Gasteiger partial charge >= 0.3 is 0 Å². The lowest BCUT2D eigenvalue weighted by Gasteiger charge is -2.26. The van der Waals surface area contributed by atoms with Gasteiger partial charge in [-0.2, -0.15) is 4.98 Å². The fourth-order valence-electron chi connectivity index (χ4n) is 3.98. The van der Waals surface area contributed by atoms with Crippen molar-refractivity contribution < 1.29 is 4.74 Å². The Morgan fingerprint density at radius 2 is 1.91 bits per heavy atom. The SMILES string of the molecule is Cc1cnc(Nc2ccc(CN3CCOCC3)cc2)nc1Nc1cccc2c1CC=CN2. The highest BCUT2D eigenvalue weighted by Gasteiger charge is 2.13. The fourth-order valence-corrected chi connectivity index (χ4v) is 3.98. The molecule has 0 aliphatic carbocycles. The van der Waals surface area contributed by atoms with Crippen molar-refractivity contribution in [3.05, 3.63) is 77.6 Å². The number of nitrogens with one attached hydrogen (secondary N) is 3. The average molecular weight is 429 g/mol. The van der Waals surface area contributed by atoms with Crippen molar-refractivity contribution in [3.8, 4) is 0 Å². The second-order valence-electron chi connectivity index (χ2n) is 8.14. The summed E-state index contributed by atoms with van der Waals surface area (Å²) >= 11 is 0. The smallest absolute Gasteiger partial charge is 0.229 e. The molecule has 7 nitrogen and oxygen atoms in total. The molecule has 0 saturated carbocycles. The normalized spacial score (nSPS) is 15.7. The Morgan fingerprint density at radius 1 is 1.06 bits per heavy atom. The number of fused-ring (bicyclic) bond motifs is 1. The van der Waals surface area contributed by atoms with Gasteiger partial charge in [0.1, 0.15) is 5.82 Å². The number of allylic oxidation sites excluding steroid dienone is 1. The van der Waals surface area contributed by atoms with E-state index in [1.54, 1.807) is 0 Å². The maximum absolute atomic E-state index is 5.43. The highest BCUT2D eigenvalue weighted by atomic mass is 16.5. The molecule has 0 radical (unpaired) electrons. The van der Waals surface area contributed by atoms with E-state index in [4.69, 9.17) is 9.72 Å². The first-order valence-corrected chi connectivity index (χ1v) is 11.0. The van der Waals surface area contributed by atoms with Crippen LogP contribution in [0, 0.1) is 6.92 Å². The van der Waals surface area contributed by atoms with Gasteiger partial charge in [-0.3, -0.25) is 4.90 Å². The van der Waals surface area contributed by atoms with E-state index in [1.807, 2.05) is 25.4 Å². The van der Waals surface area contributed by atoms with Crippen LogP contribution in [0.25, 0.3) is 0 Å². The fraction of sp³-hybridized carbons (Fsp3) is 0.280. The molecule has 2 aliphatic rings.